The molecule has 0 bridgehead atoms. The summed E-state index contributed by atoms with van der Waals surface area (Å²) in [6, 6.07) is 14.0. The number of phenolic OH excluding ortho intramolecular Hbond substituents is 1. The Morgan fingerprint density at radius 3 is 2.74 bits per heavy atom. The molecule has 0 spiro atoms. The summed E-state index contributed by atoms with van der Waals surface area (Å²) < 4.78 is 10.9. The van der Waals surface area contributed by atoms with Gasteiger partial charge < -0.3 is 14.3 Å². The van der Waals surface area contributed by atoms with Crippen molar-refractivity contribution in [3.63, 3.8) is 0 Å². The van der Waals surface area contributed by atoms with Crippen LogP contribution in [-0.2, 0) is 4.74 Å². The zero-order valence-electron chi connectivity index (χ0n) is 15.1. The lowest BCUT2D eigenvalue weighted by Crippen LogP contribution is -2.04. The van der Waals surface area contributed by atoms with Crippen molar-refractivity contribution in [1.29, 1.82) is 0 Å². The first-order valence-corrected chi connectivity index (χ1v) is 9.69. The Balaban J connectivity index is 1.92. The van der Waals surface area contributed by atoms with Crippen molar-refractivity contribution >= 4 is 17.7 Å². The predicted molar refractivity (Wildman–Crippen MR) is 104 cm³/mol. The molecule has 140 valence electrons. The topological polar surface area (TPSA) is 85.5 Å². The lowest BCUT2D eigenvalue weighted by molar-refractivity contribution is 0.0526. The Labute approximate surface area is 161 Å². The van der Waals surface area contributed by atoms with E-state index in [0.717, 1.165) is 11.3 Å². The van der Waals surface area contributed by atoms with E-state index in [1.165, 1.54) is 0 Å². The molecular weight excluding hydrogens is 364 g/mol. The van der Waals surface area contributed by atoms with Crippen molar-refractivity contribution in [3.8, 4) is 17.2 Å². The van der Waals surface area contributed by atoms with Gasteiger partial charge in [0.15, 0.2) is 0 Å². The molecule has 1 atom stereocenters. The first kappa shape index (κ1) is 19.0. The number of carbonyl (C=O) groups is 1. The molecule has 27 heavy (non-hydrogen) atoms. The van der Waals surface area contributed by atoms with E-state index in [4.69, 9.17) is 9.15 Å². The van der Waals surface area contributed by atoms with Gasteiger partial charge in [-0.25, -0.2) is 4.79 Å². The Bertz CT molecular complexity index is 926. The Hall–Kier alpha value is -2.80. The van der Waals surface area contributed by atoms with E-state index < -0.39 is 5.97 Å². The molecule has 3 rings (SSSR count). The number of carbonyl (C=O) groups excluding carboxylic acids is 1. The third-order valence-corrected chi connectivity index (χ3v) is 4.96. The number of nitrogens with zero attached hydrogens (tertiary/aromatic N) is 2. The number of phenols is 1. The van der Waals surface area contributed by atoms with Crippen LogP contribution in [0.15, 0.2) is 52.9 Å². The second kappa shape index (κ2) is 8.73. The van der Waals surface area contributed by atoms with Crippen LogP contribution >= 0.6 is 11.8 Å². The van der Waals surface area contributed by atoms with Crippen molar-refractivity contribution in [2.75, 3.05) is 12.4 Å². The highest BCUT2D eigenvalue weighted by molar-refractivity contribution is 7.99. The molecule has 0 aliphatic rings. The van der Waals surface area contributed by atoms with E-state index >= 15 is 0 Å². The SMILES string of the molecule is CCOC(=O)c1cccc(-c2nnc(C(SCC)c3ccccc3O)o2)c1. The average Bonchev–Trinajstić information content (AvgIpc) is 3.17. The zero-order chi connectivity index (χ0) is 19.2. The van der Waals surface area contributed by atoms with E-state index in [2.05, 4.69) is 10.2 Å². The summed E-state index contributed by atoms with van der Waals surface area (Å²) in [4.78, 5) is 11.9. The number of ether oxygens (including phenoxy) is 1. The van der Waals surface area contributed by atoms with Crippen LogP contribution in [0.5, 0.6) is 5.75 Å². The Morgan fingerprint density at radius 2 is 2.00 bits per heavy atom. The third-order valence-electron chi connectivity index (χ3n) is 3.84. The maximum atomic E-state index is 11.9. The molecule has 1 heterocycles. The molecule has 1 aromatic heterocycles. The van der Waals surface area contributed by atoms with Crippen molar-refractivity contribution < 1.29 is 19.1 Å². The van der Waals surface area contributed by atoms with Crippen LogP contribution in [0.2, 0.25) is 0 Å². The minimum Gasteiger partial charge on any atom is -0.508 e. The van der Waals surface area contributed by atoms with Crippen LogP contribution in [0.25, 0.3) is 11.5 Å². The average molecular weight is 384 g/mol. The van der Waals surface area contributed by atoms with Gasteiger partial charge in [0.1, 0.15) is 11.0 Å². The lowest BCUT2D eigenvalue weighted by Gasteiger charge is -2.13. The van der Waals surface area contributed by atoms with Gasteiger partial charge in [-0.15, -0.1) is 22.0 Å². The van der Waals surface area contributed by atoms with E-state index in [0.29, 0.717) is 29.5 Å². The predicted octanol–water partition coefficient (Wildman–Crippen LogP) is 4.46. The summed E-state index contributed by atoms with van der Waals surface area (Å²) >= 11 is 1.59. The largest absolute Gasteiger partial charge is 0.508 e. The number of para-hydroxylation sites is 1. The molecule has 0 fully saturated rings. The summed E-state index contributed by atoms with van der Waals surface area (Å²) in [5.74, 6) is 1.32. The fraction of sp³-hybridized carbons (Fsp3) is 0.250. The van der Waals surface area contributed by atoms with E-state index in [-0.39, 0.29) is 11.0 Å². The number of benzene rings is 2. The summed E-state index contributed by atoms with van der Waals surface area (Å²) in [7, 11) is 0. The van der Waals surface area contributed by atoms with Gasteiger partial charge in [-0.05, 0) is 36.9 Å². The second-order valence-electron chi connectivity index (χ2n) is 5.64. The molecule has 7 heteroatoms. The minimum absolute atomic E-state index is 0.188. The van der Waals surface area contributed by atoms with Crippen molar-refractivity contribution in [3.05, 3.63) is 65.5 Å². The number of esters is 1. The normalized spacial score (nSPS) is 11.9. The van der Waals surface area contributed by atoms with E-state index in [1.807, 2.05) is 19.1 Å². The van der Waals surface area contributed by atoms with Crippen molar-refractivity contribution in [1.82, 2.24) is 10.2 Å². The number of hydrogen-bond acceptors (Lipinski definition) is 7. The summed E-state index contributed by atoms with van der Waals surface area (Å²) in [6.45, 7) is 4.10. The smallest absolute Gasteiger partial charge is 0.338 e. The fourth-order valence-electron chi connectivity index (χ4n) is 2.62. The maximum Gasteiger partial charge on any atom is 0.338 e. The molecule has 6 nitrogen and oxygen atoms in total. The first-order valence-electron chi connectivity index (χ1n) is 8.64. The highest BCUT2D eigenvalue weighted by Gasteiger charge is 2.24. The number of aromatic hydroxyl groups is 1. The van der Waals surface area contributed by atoms with Gasteiger partial charge in [-0.3, -0.25) is 0 Å². The van der Waals surface area contributed by atoms with Gasteiger partial charge in [-0.1, -0.05) is 31.2 Å². The lowest BCUT2D eigenvalue weighted by atomic mass is 10.1. The number of aromatic nitrogens is 2. The van der Waals surface area contributed by atoms with Crippen LogP contribution in [0.3, 0.4) is 0 Å². The molecule has 0 aliphatic heterocycles. The molecule has 0 amide bonds. The molecule has 3 aromatic rings. The Morgan fingerprint density at radius 1 is 1.19 bits per heavy atom. The van der Waals surface area contributed by atoms with Gasteiger partial charge in [0.25, 0.3) is 0 Å². The molecule has 1 N–H and O–H groups in total. The monoisotopic (exact) mass is 384 g/mol. The molecule has 1 unspecified atom stereocenters. The van der Waals surface area contributed by atoms with Crippen LogP contribution < -0.4 is 0 Å². The van der Waals surface area contributed by atoms with Crippen LogP contribution in [0, 0.1) is 0 Å². The molecule has 2 aromatic carbocycles. The van der Waals surface area contributed by atoms with Crippen LogP contribution in [0.1, 0.15) is 40.9 Å². The number of thioether (sulfide) groups is 1. The van der Waals surface area contributed by atoms with Gasteiger partial charge in [0, 0.05) is 11.1 Å². The van der Waals surface area contributed by atoms with Crippen molar-refractivity contribution in [2.24, 2.45) is 0 Å². The minimum atomic E-state index is -0.396. The van der Waals surface area contributed by atoms with Crippen LogP contribution in [0.4, 0.5) is 0 Å². The molecule has 0 radical (unpaired) electrons. The highest BCUT2D eigenvalue weighted by atomic mass is 32.2. The maximum absolute atomic E-state index is 11.9. The molecule has 0 saturated heterocycles. The van der Waals surface area contributed by atoms with Crippen LogP contribution in [-0.4, -0.2) is 33.6 Å². The molecular formula is C20H20N2O4S. The summed E-state index contributed by atoms with van der Waals surface area (Å²) in [5.41, 5.74) is 1.78. The van der Waals surface area contributed by atoms with Crippen molar-refractivity contribution in [2.45, 2.75) is 19.1 Å². The molecule has 0 saturated carbocycles. The van der Waals surface area contributed by atoms with E-state index in [9.17, 15) is 9.90 Å². The first-order chi connectivity index (χ1) is 13.1. The summed E-state index contributed by atoms with van der Waals surface area (Å²) in [6.07, 6.45) is 0. The third kappa shape index (κ3) is 4.31. The van der Waals surface area contributed by atoms with E-state index in [1.54, 1.807) is 55.1 Å². The second-order valence-corrected chi connectivity index (χ2v) is 7.02. The summed E-state index contributed by atoms with van der Waals surface area (Å²) in [5, 5.41) is 18.2. The fourth-order valence-corrected chi connectivity index (χ4v) is 3.57. The quantitative estimate of drug-likeness (QED) is 0.602. The highest BCUT2D eigenvalue weighted by Crippen LogP contribution is 2.39. The zero-order valence-corrected chi connectivity index (χ0v) is 15.9. The van der Waals surface area contributed by atoms with Gasteiger partial charge in [0.05, 0.1) is 12.2 Å². The molecule has 0 aliphatic carbocycles. The number of rotatable bonds is 7. The Kier molecular flexibility index (Phi) is 6.13. The number of hydrogen-bond donors (Lipinski definition) is 1. The standard InChI is InChI=1S/C20H20N2O4S/c1-3-25-20(24)14-9-7-8-13(12-14)18-21-22-19(26-18)17(27-4-2)15-10-5-6-11-16(15)23/h5-12,17,23H,3-4H2,1-2H3. The van der Waals surface area contributed by atoms with Gasteiger partial charge >= 0.3 is 5.97 Å². The van der Waals surface area contributed by atoms with Gasteiger partial charge in [-0.2, -0.15) is 0 Å². The van der Waals surface area contributed by atoms with Gasteiger partial charge in [0.2, 0.25) is 11.8 Å².